The number of ether oxygens (including phenoxy) is 2. The highest BCUT2D eigenvalue weighted by Gasteiger charge is 2.34. The molecule has 4 rings (SSSR count). The molecule has 1 aliphatic heterocycles. The Morgan fingerprint density at radius 3 is 2.53 bits per heavy atom. The van der Waals surface area contributed by atoms with Crippen molar-refractivity contribution in [2.45, 2.75) is 33.2 Å². The molecule has 0 aliphatic carbocycles. The van der Waals surface area contributed by atoms with E-state index >= 15 is 0 Å². The second kappa shape index (κ2) is 7.89. The molecule has 0 atom stereocenters. The van der Waals surface area contributed by atoms with Gasteiger partial charge in [0.1, 0.15) is 10.4 Å². The van der Waals surface area contributed by atoms with Crippen LogP contribution in [0.3, 0.4) is 0 Å². The van der Waals surface area contributed by atoms with Crippen LogP contribution in [0.2, 0.25) is 0 Å². The topological polar surface area (TPSA) is 52.5 Å². The van der Waals surface area contributed by atoms with Gasteiger partial charge in [0.25, 0.3) is 0 Å². The van der Waals surface area contributed by atoms with Crippen LogP contribution < -0.4 is 10.1 Å². The number of rotatable bonds is 5. The highest BCUT2D eigenvalue weighted by molar-refractivity contribution is 7.71. The van der Waals surface area contributed by atoms with Gasteiger partial charge >= 0.3 is 5.97 Å². The zero-order chi connectivity index (χ0) is 21.5. The summed E-state index contributed by atoms with van der Waals surface area (Å²) < 4.78 is 13.6. The summed E-state index contributed by atoms with van der Waals surface area (Å²) in [6.07, 6.45) is 0. The van der Waals surface area contributed by atoms with E-state index in [1.54, 1.807) is 30.6 Å². The van der Waals surface area contributed by atoms with Crippen molar-refractivity contribution >= 4 is 35.4 Å². The lowest BCUT2D eigenvalue weighted by Crippen LogP contribution is -2.30. The number of fused-ring (bicyclic) bond motifs is 3. The molecule has 3 aromatic rings. The highest BCUT2D eigenvalue weighted by atomic mass is 32.1. The monoisotopic (exact) mass is 440 g/mol. The number of carbonyl (C=O) groups excluding carboxylic acids is 1. The quantitative estimate of drug-likeness (QED) is 0.380. The van der Waals surface area contributed by atoms with Gasteiger partial charge < -0.3 is 14.8 Å². The molecule has 1 N–H and O–H groups in total. The maximum Gasteiger partial charge on any atom is 0.338 e. The van der Waals surface area contributed by atoms with Crippen molar-refractivity contribution in [1.29, 1.82) is 0 Å². The number of aromatic nitrogens is 1. The molecule has 156 valence electrons. The Hall–Kier alpha value is -2.64. The van der Waals surface area contributed by atoms with Crippen LogP contribution in [0, 0.1) is 4.64 Å². The van der Waals surface area contributed by atoms with E-state index in [1.165, 1.54) is 4.88 Å². The van der Waals surface area contributed by atoms with Gasteiger partial charge in [-0.2, -0.15) is 0 Å². The molecule has 0 bridgehead atoms. The zero-order valence-corrected chi connectivity index (χ0v) is 19.1. The van der Waals surface area contributed by atoms with Crippen molar-refractivity contribution in [1.82, 2.24) is 3.96 Å². The van der Waals surface area contributed by atoms with E-state index in [-0.39, 0.29) is 11.5 Å². The van der Waals surface area contributed by atoms with Gasteiger partial charge in [-0.15, -0.1) is 0 Å². The van der Waals surface area contributed by atoms with Crippen molar-refractivity contribution in [2.24, 2.45) is 0 Å². The van der Waals surface area contributed by atoms with Crippen molar-refractivity contribution < 1.29 is 14.3 Å². The van der Waals surface area contributed by atoms with Crippen LogP contribution in [-0.2, 0) is 10.3 Å². The normalized spacial score (nSPS) is 13.7. The van der Waals surface area contributed by atoms with Crippen LogP contribution in [0.15, 0.2) is 42.5 Å². The zero-order valence-electron chi connectivity index (χ0n) is 17.4. The Labute approximate surface area is 185 Å². The SMILES string of the molecule is CCOC(=O)c1ccc(-n2sc3c(c2=S)-c2cc(OCC)ccc2NC3(C)C)cc1. The van der Waals surface area contributed by atoms with Crippen LogP contribution >= 0.6 is 23.8 Å². The Bertz CT molecular complexity index is 1160. The third kappa shape index (κ3) is 3.52. The molecule has 2 heterocycles. The predicted octanol–water partition coefficient (Wildman–Crippen LogP) is 6.17. The minimum absolute atomic E-state index is 0.260. The number of benzene rings is 2. The van der Waals surface area contributed by atoms with Gasteiger partial charge in [0.2, 0.25) is 0 Å². The maximum atomic E-state index is 12.0. The average Bonchev–Trinajstić information content (AvgIpc) is 3.08. The van der Waals surface area contributed by atoms with Gasteiger partial charge in [-0.25, -0.2) is 4.79 Å². The summed E-state index contributed by atoms with van der Waals surface area (Å²) in [7, 11) is 0. The molecule has 7 heteroatoms. The predicted molar refractivity (Wildman–Crippen MR) is 124 cm³/mol. The first kappa shape index (κ1) is 20.6. The first-order chi connectivity index (χ1) is 14.4. The number of hydrogen-bond acceptors (Lipinski definition) is 6. The van der Waals surface area contributed by atoms with E-state index in [0.29, 0.717) is 18.8 Å². The maximum absolute atomic E-state index is 12.0. The van der Waals surface area contributed by atoms with E-state index in [1.807, 2.05) is 29.1 Å². The Morgan fingerprint density at radius 1 is 1.13 bits per heavy atom. The number of carbonyl (C=O) groups is 1. The van der Waals surface area contributed by atoms with Crippen LogP contribution in [-0.4, -0.2) is 23.1 Å². The molecular formula is C23H24N2O3S2. The summed E-state index contributed by atoms with van der Waals surface area (Å²) in [4.78, 5) is 13.1. The smallest absolute Gasteiger partial charge is 0.338 e. The molecule has 30 heavy (non-hydrogen) atoms. The highest BCUT2D eigenvalue weighted by Crippen LogP contribution is 2.48. The second-order valence-electron chi connectivity index (χ2n) is 7.55. The van der Waals surface area contributed by atoms with E-state index in [4.69, 9.17) is 21.7 Å². The molecule has 0 saturated heterocycles. The minimum atomic E-state index is -0.319. The average molecular weight is 441 g/mol. The van der Waals surface area contributed by atoms with Crippen LogP contribution in [0.25, 0.3) is 16.8 Å². The molecule has 0 unspecified atom stereocenters. The van der Waals surface area contributed by atoms with E-state index < -0.39 is 0 Å². The fourth-order valence-corrected chi connectivity index (χ4v) is 5.30. The third-order valence-corrected chi connectivity index (χ3v) is 6.98. The molecular weight excluding hydrogens is 416 g/mol. The summed E-state index contributed by atoms with van der Waals surface area (Å²) >= 11 is 7.54. The van der Waals surface area contributed by atoms with E-state index in [9.17, 15) is 4.79 Å². The van der Waals surface area contributed by atoms with Crippen LogP contribution in [0.5, 0.6) is 5.75 Å². The Kier molecular flexibility index (Phi) is 5.42. The van der Waals surface area contributed by atoms with Gasteiger partial charge in [0.15, 0.2) is 0 Å². The molecule has 0 fully saturated rings. The standard InChI is InChI=1S/C23H24N2O3S2/c1-5-27-16-11-12-18-17(13-16)19-20(23(3,4)24-18)30-25(21(19)29)15-9-7-14(8-10-15)22(26)28-6-2/h7-13,24H,5-6H2,1-4H3. The van der Waals surface area contributed by atoms with E-state index in [2.05, 4.69) is 31.3 Å². The summed E-state index contributed by atoms with van der Waals surface area (Å²) in [5.74, 6) is 0.510. The number of nitrogens with one attached hydrogen (secondary N) is 1. The van der Waals surface area contributed by atoms with Gasteiger partial charge in [-0.3, -0.25) is 3.96 Å². The third-order valence-electron chi connectivity index (χ3n) is 5.01. The summed E-state index contributed by atoms with van der Waals surface area (Å²) in [5.41, 5.74) is 4.35. The molecule has 0 spiro atoms. The Morgan fingerprint density at radius 2 is 1.87 bits per heavy atom. The van der Waals surface area contributed by atoms with Crippen molar-refractivity contribution in [3.63, 3.8) is 0 Å². The summed E-state index contributed by atoms with van der Waals surface area (Å²) in [5, 5.41) is 3.63. The largest absolute Gasteiger partial charge is 0.494 e. The molecule has 0 saturated carbocycles. The fraction of sp³-hybridized carbons (Fsp3) is 0.304. The van der Waals surface area contributed by atoms with Crippen molar-refractivity contribution in [2.75, 3.05) is 18.5 Å². The Balaban J connectivity index is 1.82. The lowest BCUT2D eigenvalue weighted by Gasteiger charge is -2.33. The first-order valence-electron chi connectivity index (χ1n) is 9.95. The molecule has 1 aliphatic rings. The molecule has 0 radical (unpaired) electrons. The summed E-state index contributed by atoms with van der Waals surface area (Å²) in [6.45, 7) is 9.06. The van der Waals surface area contributed by atoms with Gasteiger partial charge in [-0.1, -0.05) is 23.8 Å². The number of anilines is 1. The van der Waals surface area contributed by atoms with Gasteiger partial charge in [0, 0.05) is 16.8 Å². The molecule has 2 aromatic carbocycles. The second-order valence-corrected chi connectivity index (χ2v) is 8.90. The van der Waals surface area contributed by atoms with Gasteiger partial charge in [0.05, 0.1) is 34.9 Å². The lowest BCUT2D eigenvalue weighted by atomic mass is 9.90. The van der Waals surface area contributed by atoms with Crippen molar-refractivity contribution in [3.05, 3.63) is 57.5 Å². The molecule has 1 aromatic heterocycles. The number of hydrogen-bond donors (Lipinski definition) is 1. The van der Waals surface area contributed by atoms with Gasteiger partial charge in [-0.05, 0) is 70.2 Å². The first-order valence-corrected chi connectivity index (χ1v) is 11.1. The number of nitrogens with zero attached hydrogens (tertiary/aromatic N) is 1. The minimum Gasteiger partial charge on any atom is -0.494 e. The van der Waals surface area contributed by atoms with E-state index in [0.717, 1.165) is 32.9 Å². The molecule has 0 amide bonds. The number of esters is 1. The lowest BCUT2D eigenvalue weighted by molar-refractivity contribution is 0.0526. The van der Waals surface area contributed by atoms with Crippen molar-refractivity contribution in [3.8, 4) is 22.6 Å². The fourth-order valence-electron chi connectivity index (χ4n) is 3.65. The molecule has 5 nitrogen and oxygen atoms in total. The van der Waals surface area contributed by atoms with Crippen LogP contribution in [0.4, 0.5) is 5.69 Å². The van der Waals surface area contributed by atoms with Crippen LogP contribution in [0.1, 0.15) is 42.9 Å². The summed E-state index contributed by atoms with van der Waals surface area (Å²) in [6, 6.07) is 13.4.